The zero-order chi connectivity index (χ0) is 10.0. The van der Waals surface area contributed by atoms with Crippen LogP contribution in [0.3, 0.4) is 0 Å². The van der Waals surface area contributed by atoms with Gasteiger partial charge in [0.2, 0.25) is 0 Å². The number of furan rings is 1. The quantitative estimate of drug-likeness (QED) is 0.745. The summed E-state index contributed by atoms with van der Waals surface area (Å²) in [6, 6.07) is 4.01. The van der Waals surface area contributed by atoms with Crippen molar-refractivity contribution in [2.75, 3.05) is 13.1 Å². The molecule has 0 amide bonds. The first-order valence-corrected chi connectivity index (χ1v) is 5.20. The molecule has 0 unspecified atom stereocenters. The average Bonchev–Trinajstić information content (AvgIpc) is 2.84. The molecule has 1 aromatic rings. The molecule has 0 radical (unpaired) electrons. The largest absolute Gasteiger partial charge is 0.465 e. The molecule has 0 atom stereocenters. The van der Waals surface area contributed by atoms with Gasteiger partial charge < -0.3 is 15.5 Å². The highest BCUT2D eigenvalue weighted by Gasteiger charge is 2.40. The van der Waals surface area contributed by atoms with E-state index < -0.39 is 0 Å². The third-order valence-electron chi connectivity index (χ3n) is 2.99. The predicted octanol–water partition coefficient (Wildman–Crippen LogP) is 1.42. The maximum Gasteiger partial charge on any atom is 0.117 e. The van der Waals surface area contributed by atoms with Crippen molar-refractivity contribution in [3.05, 3.63) is 23.7 Å². The number of nitrogens with two attached hydrogens (primary N) is 1. The monoisotopic (exact) mass is 194 g/mol. The first kappa shape index (κ1) is 9.74. The van der Waals surface area contributed by atoms with E-state index in [1.165, 1.54) is 12.8 Å². The van der Waals surface area contributed by atoms with Crippen LogP contribution in [0, 0.1) is 12.3 Å². The third kappa shape index (κ3) is 2.16. The minimum absolute atomic E-state index is 0.404. The first-order chi connectivity index (χ1) is 6.74. The molecule has 0 bridgehead atoms. The summed E-state index contributed by atoms with van der Waals surface area (Å²) in [7, 11) is 0. The molecule has 1 heterocycles. The Labute approximate surface area is 84.7 Å². The fourth-order valence-electron chi connectivity index (χ4n) is 1.66. The molecule has 0 saturated heterocycles. The highest BCUT2D eigenvalue weighted by atomic mass is 16.3. The molecule has 14 heavy (non-hydrogen) atoms. The SMILES string of the molecule is Cc1ccc(CNCC2(CN)CC2)o1. The molecule has 1 aliphatic carbocycles. The van der Waals surface area contributed by atoms with Gasteiger partial charge in [-0.25, -0.2) is 0 Å². The average molecular weight is 194 g/mol. The van der Waals surface area contributed by atoms with E-state index in [9.17, 15) is 0 Å². The summed E-state index contributed by atoms with van der Waals surface area (Å²) in [6.07, 6.45) is 2.54. The van der Waals surface area contributed by atoms with E-state index in [2.05, 4.69) is 5.32 Å². The van der Waals surface area contributed by atoms with Crippen molar-refractivity contribution in [2.24, 2.45) is 11.1 Å². The Kier molecular flexibility index (Phi) is 2.61. The Morgan fingerprint density at radius 1 is 1.50 bits per heavy atom. The number of aryl methyl sites for hydroxylation is 1. The lowest BCUT2D eigenvalue weighted by atomic mass is 10.1. The van der Waals surface area contributed by atoms with E-state index in [-0.39, 0.29) is 0 Å². The van der Waals surface area contributed by atoms with Crippen molar-refractivity contribution in [3.63, 3.8) is 0 Å². The Bertz CT molecular complexity index is 302. The molecular formula is C11H18N2O. The second-order valence-corrected chi connectivity index (χ2v) is 4.32. The molecular weight excluding hydrogens is 176 g/mol. The fraction of sp³-hybridized carbons (Fsp3) is 0.636. The van der Waals surface area contributed by atoms with Crippen LogP contribution in [0.5, 0.6) is 0 Å². The molecule has 1 aromatic heterocycles. The van der Waals surface area contributed by atoms with E-state index in [4.69, 9.17) is 10.2 Å². The number of hydrogen-bond acceptors (Lipinski definition) is 3. The van der Waals surface area contributed by atoms with E-state index in [0.29, 0.717) is 5.41 Å². The van der Waals surface area contributed by atoms with Crippen LogP contribution in [0.15, 0.2) is 16.5 Å². The Morgan fingerprint density at radius 3 is 2.79 bits per heavy atom. The van der Waals surface area contributed by atoms with Gasteiger partial charge in [-0.05, 0) is 43.9 Å². The van der Waals surface area contributed by atoms with Gasteiger partial charge in [0.05, 0.1) is 6.54 Å². The van der Waals surface area contributed by atoms with E-state index >= 15 is 0 Å². The number of hydrogen-bond donors (Lipinski definition) is 2. The van der Waals surface area contributed by atoms with Crippen LogP contribution >= 0.6 is 0 Å². The molecule has 3 N–H and O–H groups in total. The molecule has 1 aliphatic rings. The van der Waals surface area contributed by atoms with E-state index in [0.717, 1.165) is 31.2 Å². The highest BCUT2D eigenvalue weighted by molar-refractivity contribution is 5.05. The molecule has 0 spiro atoms. The van der Waals surface area contributed by atoms with Gasteiger partial charge in [-0.3, -0.25) is 0 Å². The van der Waals surface area contributed by atoms with Crippen molar-refractivity contribution in [2.45, 2.75) is 26.3 Å². The van der Waals surface area contributed by atoms with Gasteiger partial charge in [0, 0.05) is 6.54 Å². The summed E-state index contributed by atoms with van der Waals surface area (Å²) in [5.74, 6) is 1.98. The standard InChI is InChI=1S/C11H18N2O/c1-9-2-3-10(14-9)6-13-8-11(7-12)4-5-11/h2-3,13H,4-8,12H2,1H3. The van der Waals surface area contributed by atoms with Crippen molar-refractivity contribution in [1.82, 2.24) is 5.32 Å². The minimum Gasteiger partial charge on any atom is -0.465 e. The number of nitrogens with one attached hydrogen (secondary N) is 1. The number of rotatable bonds is 5. The van der Waals surface area contributed by atoms with Crippen LogP contribution in [0.2, 0.25) is 0 Å². The van der Waals surface area contributed by atoms with Gasteiger partial charge in [-0.2, -0.15) is 0 Å². The second kappa shape index (κ2) is 3.75. The summed E-state index contributed by atoms with van der Waals surface area (Å²) in [4.78, 5) is 0. The van der Waals surface area contributed by atoms with Crippen LogP contribution in [-0.2, 0) is 6.54 Å². The minimum atomic E-state index is 0.404. The van der Waals surface area contributed by atoms with Gasteiger partial charge in [0.25, 0.3) is 0 Å². The Balaban J connectivity index is 1.73. The Hall–Kier alpha value is -0.800. The van der Waals surface area contributed by atoms with Crippen LogP contribution in [0.4, 0.5) is 0 Å². The third-order valence-corrected chi connectivity index (χ3v) is 2.99. The fourth-order valence-corrected chi connectivity index (χ4v) is 1.66. The van der Waals surface area contributed by atoms with E-state index in [1.807, 2.05) is 19.1 Å². The Morgan fingerprint density at radius 2 is 2.29 bits per heavy atom. The zero-order valence-electron chi connectivity index (χ0n) is 8.68. The van der Waals surface area contributed by atoms with Gasteiger partial charge in [0.1, 0.15) is 11.5 Å². The van der Waals surface area contributed by atoms with Crippen LogP contribution in [0.1, 0.15) is 24.4 Å². The molecule has 1 fully saturated rings. The van der Waals surface area contributed by atoms with Crippen LogP contribution < -0.4 is 11.1 Å². The van der Waals surface area contributed by atoms with Crippen molar-refractivity contribution >= 4 is 0 Å². The maximum atomic E-state index is 5.69. The smallest absolute Gasteiger partial charge is 0.117 e. The molecule has 0 aliphatic heterocycles. The normalized spacial score (nSPS) is 18.4. The molecule has 1 saturated carbocycles. The van der Waals surface area contributed by atoms with Gasteiger partial charge in [-0.15, -0.1) is 0 Å². The van der Waals surface area contributed by atoms with Crippen molar-refractivity contribution in [3.8, 4) is 0 Å². The van der Waals surface area contributed by atoms with Crippen molar-refractivity contribution in [1.29, 1.82) is 0 Å². The van der Waals surface area contributed by atoms with Crippen LogP contribution in [0.25, 0.3) is 0 Å². The lowest BCUT2D eigenvalue weighted by molar-refractivity contribution is 0.423. The summed E-state index contributed by atoms with van der Waals surface area (Å²) in [5.41, 5.74) is 6.09. The molecule has 0 aromatic carbocycles. The van der Waals surface area contributed by atoms with Gasteiger partial charge in [-0.1, -0.05) is 0 Å². The lowest BCUT2D eigenvalue weighted by Gasteiger charge is -2.12. The molecule has 3 heteroatoms. The van der Waals surface area contributed by atoms with Gasteiger partial charge >= 0.3 is 0 Å². The predicted molar refractivity (Wildman–Crippen MR) is 55.9 cm³/mol. The molecule has 78 valence electrons. The van der Waals surface area contributed by atoms with Crippen molar-refractivity contribution < 1.29 is 4.42 Å². The zero-order valence-corrected chi connectivity index (χ0v) is 8.68. The lowest BCUT2D eigenvalue weighted by Crippen LogP contribution is -2.29. The second-order valence-electron chi connectivity index (χ2n) is 4.32. The summed E-state index contributed by atoms with van der Waals surface area (Å²) in [6.45, 7) is 4.60. The molecule has 3 nitrogen and oxygen atoms in total. The van der Waals surface area contributed by atoms with Gasteiger partial charge in [0.15, 0.2) is 0 Å². The topological polar surface area (TPSA) is 51.2 Å². The highest BCUT2D eigenvalue weighted by Crippen LogP contribution is 2.43. The summed E-state index contributed by atoms with van der Waals surface area (Å²) >= 11 is 0. The van der Waals surface area contributed by atoms with Crippen LogP contribution in [-0.4, -0.2) is 13.1 Å². The summed E-state index contributed by atoms with van der Waals surface area (Å²) < 4.78 is 5.46. The maximum absolute atomic E-state index is 5.69. The first-order valence-electron chi connectivity index (χ1n) is 5.20. The van der Waals surface area contributed by atoms with E-state index in [1.54, 1.807) is 0 Å². The molecule has 2 rings (SSSR count). The summed E-state index contributed by atoms with van der Waals surface area (Å²) in [5, 5.41) is 3.39.